The van der Waals surface area contributed by atoms with Crippen LogP contribution >= 0.6 is 0 Å². The van der Waals surface area contributed by atoms with Gasteiger partial charge in [-0.2, -0.15) is 0 Å². The molecule has 0 amide bonds. The average Bonchev–Trinajstić information content (AvgIpc) is 2.68. The normalized spacial score (nSPS) is 16.9. The van der Waals surface area contributed by atoms with E-state index < -0.39 is 0 Å². The van der Waals surface area contributed by atoms with Gasteiger partial charge in [0.25, 0.3) is 0 Å². The SMILES string of the molecule is COc1ccc(O)cc1C1=Nc2ccc(N3CCOCC3)cc2C(=O)C1. The highest BCUT2D eigenvalue weighted by Crippen LogP contribution is 2.34. The third kappa shape index (κ3) is 3.04. The molecule has 0 aromatic heterocycles. The van der Waals surface area contributed by atoms with E-state index in [0.717, 1.165) is 18.8 Å². The van der Waals surface area contributed by atoms with Crippen molar-refractivity contribution in [2.75, 3.05) is 38.3 Å². The summed E-state index contributed by atoms with van der Waals surface area (Å²) in [6.45, 7) is 3.04. The topological polar surface area (TPSA) is 71.4 Å². The lowest BCUT2D eigenvalue weighted by Gasteiger charge is -2.29. The number of anilines is 1. The summed E-state index contributed by atoms with van der Waals surface area (Å²) in [5, 5.41) is 9.79. The number of aliphatic imine (C=N–C) groups is 1. The fourth-order valence-corrected chi connectivity index (χ4v) is 3.37. The van der Waals surface area contributed by atoms with Gasteiger partial charge < -0.3 is 19.5 Å². The van der Waals surface area contributed by atoms with Gasteiger partial charge >= 0.3 is 0 Å². The summed E-state index contributed by atoms with van der Waals surface area (Å²) in [5.74, 6) is 0.720. The summed E-state index contributed by atoms with van der Waals surface area (Å²) in [6.07, 6.45) is 0.180. The Morgan fingerprint density at radius 1 is 1.12 bits per heavy atom. The molecule has 0 atom stereocenters. The second-order valence-corrected chi connectivity index (χ2v) is 6.34. The molecule has 2 aliphatic rings. The van der Waals surface area contributed by atoms with Gasteiger partial charge in [-0.25, -0.2) is 0 Å². The van der Waals surface area contributed by atoms with Crippen molar-refractivity contribution in [1.82, 2.24) is 0 Å². The first-order chi connectivity index (χ1) is 12.7. The van der Waals surface area contributed by atoms with Crippen molar-refractivity contribution in [2.24, 2.45) is 4.99 Å². The molecule has 4 rings (SSSR count). The van der Waals surface area contributed by atoms with Crippen molar-refractivity contribution < 1.29 is 19.4 Å². The van der Waals surface area contributed by atoms with Crippen LogP contribution in [0.25, 0.3) is 0 Å². The number of methoxy groups -OCH3 is 1. The summed E-state index contributed by atoms with van der Waals surface area (Å²) in [5.41, 5.74) is 3.56. The van der Waals surface area contributed by atoms with Crippen LogP contribution in [0.2, 0.25) is 0 Å². The first kappa shape index (κ1) is 16.6. The summed E-state index contributed by atoms with van der Waals surface area (Å²) in [7, 11) is 1.56. The van der Waals surface area contributed by atoms with E-state index >= 15 is 0 Å². The van der Waals surface area contributed by atoms with Crippen LogP contribution in [-0.4, -0.2) is 50.0 Å². The number of hydrogen-bond donors (Lipinski definition) is 1. The van der Waals surface area contributed by atoms with Crippen LogP contribution < -0.4 is 9.64 Å². The average molecular weight is 352 g/mol. The number of ketones is 1. The van der Waals surface area contributed by atoms with E-state index in [0.29, 0.717) is 41.5 Å². The van der Waals surface area contributed by atoms with E-state index in [4.69, 9.17) is 9.47 Å². The van der Waals surface area contributed by atoms with Gasteiger partial charge in [-0.05, 0) is 36.4 Å². The number of morpholine rings is 1. The van der Waals surface area contributed by atoms with Crippen LogP contribution in [0.3, 0.4) is 0 Å². The number of phenolic OH excluding ortho intramolecular Hbond substituents is 1. The van der Waals surface area contributed by atoms with E-state index in [9.17, 15) is 9.90 Å². The standard InChI is InChI=1S/C20H20N2O4/c1-25-20-5-3-14(23)11-16(20)18-12-19(24)15-10-13(2-4-17(15)21-18)22-6-8-26-9-7-22/h2-5,10-11,23H,6-9,12H2,1H3. The lowest BCUT2D eigenvalue weighted by Crippen LogP contribution is -2.36. The van der Waals surface area contributed by atoms with Crippen LogP contribution in [0, 0.1) is 0 Å². The maximum absolute atomic E-state index is 12.8. The van der Waals surface area contributed by atoms with Gasteiger partial charge in [0, 0.05) is 29.9 Å². The zero-order valence-corrected chi connectivity index (χ0v) is 14.6. The van der Waals surface area contributed by atoms with Crippen LogP contribution in [0.1, 0.15) is 22.3 Å². The molecule has 0 unspecified atom stereocenters. The molecular weight excluding hydrogens is 332 g/mol. The number of benzene rings is 2. The first-order valence-electron chi connectivity index (χ1n) is 8.60. The number of carbonyl (C=O) groups excluding carboxylic acids is 1. The number of Topliss-reactive ketones (excluding diaryl/α,β-unsaturated/α-hetero) is 1. The monoisotopic (exact) mass is 352 g/mol. The number of ether oxygens (including phenoxy) is 2. The number of fused-ring (bicyclic) bond motifs is 1. The van der Waals surface area contributed by atoms with E-state index in [1.165, 1.54) is 0 Å². The van der Waals surface area contributed by atoms with Crippen molar-refractivity contribution in [3.8, 4) is 11.5 Å². The molecule has 134 valence electrons. The fourth-order valence-electron chi connectivity index (χ4n) is 3.37. The van der Waals surface area contributed by atoms with Crippen LogP contribution in [0.5, 0.6) is 11.5 Å². The molecule has 1 fully saturated rings. The predicted molar refractivity (Wildman–Crippen MR) is 99.3 cm³/mol. The molecule has 26 heavy (non-hydrogen) atoms. The van der Waals surface area contributed by atoms with Crippen molar-refractivity contribution in [2.45, 2.75) is 6.42 Å². The highest BCUT2D eigenvalue weighted by Gasteiger charge is 2.24. The Hall–Kier alpha value is -2.86. The molecule has 2 aromatic rings. The number of phenols is 1. The Kier molecular flexibility index (Phi) is 4.34. The van der Waals surface area contributed by atoms with Crippen LogP contribution in [0.15, 0.2) is 41.4 Å². The highest BCUT2D eigenvalue weighted by atomic mass is 16.5. The van der Waals surface area contributed by atoms with Crippen molar-refractivity contribution >= 4 is 22.9 Å². The fraction of sp³-hybridized carbons (Fsp3) is 0.300. The van der Waals surface area contributed by atoms with Gasteiger partial charge in [-0.15, -0.1) is 0 Å². The lowest BCUT2D eigenvalue weighted by atomic mass is 9.95. The molecule has 6 heteroatoms. The largest absolute Gasteiger partial charge is 0.508 e. The summed E-state index contributed by atoms with van der Waals surface area (Å²) < 4.78 is 10.7. The summed E-state index contributed by atoms with van der Waals surface area (Å²) >= 11 is 0. The van der Waals surface area contributed by atoms with E-state index in [1.807, 2.05) is 18.2 Å². The van der Waals surface area contributed by atoms with Gasteiger partial charge in [-0.3, -0.25) is 9.79 Å². The Morgan fingerprint density at radius 2 is 1.92 bits per heavy atom. The molecule has 0 saturated carbocycles. The molecule has 1 saturated heterocycles. The maximum atomic E-state index is 12.8. The van der Waals surface area contributed by atoms with Gasteiger partial charge in [0.15, 0.2) is 5.78 Å². The van der Waals surface area contributed by atoms with E-state index in [-0.39, 0.29) is 18.0 Å². The number of hydrogen-bond acceptors (Lipinski definition) is 6. The van der Waals surface area contributed by atoms with E-state index in [2.05, 4.69) is 9.89 Å². The Bertz CT molecular complexity index is 885. The quantitative estimate of drug-likeness (QED) is 0.920. The molecule has 2 aliphatic heterocycles. The van der Waals surface area contributed by atoms with Gasteiger partial charge in [0.1, 0.15) is 11.5 Å². The predicted octanol–water partition coefficient (Wildman–Crippen LogP) is 2.94. The zero-order valence-electron chi connectivity index (χ0n) is 14.6. The second-order valence-electron chi connectivity index (χ2n) is 6.34. The lowest BCUT2D eigenvalue weighted by molar-refractivity contribution is 0.1000. The van der Waals surface area contributed by atoms with Gasteiger partial charge in [0.2, 0.25) is 0 Å². The number of nitrogens with zero attached hydrogens (tertiary/aromatic N) is 2. The number of rotatable bonds is 3. The van der Waals surface area contributed by atoms with Gasteiger partial charge in [0.05, 0.1) is 38.1 Å². The molecule has 6 nitrogen and oxygen atoms in total. The molecule has 0 aliphatic carbocycles. The van der Waals surface area contributed by atoms with Gasteiger partial charge in [-0.1, -0.05) is 0 Å². The smallest absolute Gasteiger partial charge is 0.171 e. The molecule has 0 spiro atoms. The minimum Gasteiger partial charge on any atom is -0.508 e. The first-order valence-corrected chi connectivity index (χ1v) is 8.60. The number of carbonyl (C=O) groups is 1. The minimum atomic E-state index is 0.0190. The summed E-state index contributed by atoms with van der Waals surface area (Å²) in [4.78, 5) is 19.6. The molecule has 2 heterocycles. The molecule has 2 aromatic carbocycles. The van der Waals surface area contributed by atoms with Crippen LogP contribution in [-0.2, 0) is 4.74 Å². The van der Waals surface area contributed by atoms with E-state index in [1.54, 1.807) is 25.3 Å². The van der Waals surface area contributed by atoms with Crippen molar-refractivity contribution in [1.29, 1.82) is 0 Å². The Balaban J connectivity index is 1.72. The minimum absolute atomic E-state index is 0.0190. The number of aromatic hydroxyl groups is 1. The Labute approximate surface area is 151 Å². The molecule has 1 N–H and O–H groups in total. The Morgan fingerprint density at radius 3 is 2.69 bits per heavy atom. The third-order valence-corrected chi connectivity index (χ3v) is 4.73. The molecular formula is C20H20N2O4. The molecule has 0 radical (unpaired) electrons. The van der Waals surface area contributed by atoms with Crippen LogP contribution in [0.4, 0.5) is 11.4 Å². The summed E-state index contributed by atoms with van der Waals surface area (Å²) in [6, 6.07) is 10.6. The highest BCUT2D eigenvalue weighted by molar-refractivity contribution is 6.22. The zero-order chi connectivity index (χ0) is 18.1. The molecule has 0 bridgehead atoms. The van der Waals surface area contributed by atoms with Crippen molar-refractivity contribution in [3.63, 3.8) is 0 Å². The van der Waals surface area contributed by atoms with Crippen molar-refractivity contribution in [3.05, 3.63) is 47.5 Å². The maximum Gasteiger partial charge on any atom is 0.171 e. The third-order valence-electron chi connectivity index (χ3n) is 4.73. The second kappa shape index (κ2) is 6.80.